The summed E-state index contributed by atoms with van der Waals surface area (Å²) in [4.78, 5) is 25.9. The van der Waals surface area contributed by atoms with E-state index < -0.39 is 0 Å². The SMILES string of the molecule is O=C1C2=CCC=CN2C(=O)[C@@H]2CC=CC[C@@H]12. The van der Waals surface area contributed by atoms with Crippen LogP contribution in [0.1, 0.15) is 19.3 Å². The minimum atomic E-state index is -0.141. The molecule has 0 N–H and O–H groups in total. The van der Waals surface area contributed by atoms with Gasteiger partial charge in [0.1, 0.15) is 0 Å². The summed E-state index contributed by atoms with van der Waals surface area (Å²) in [6.45, 7) is 0. The third-order valence-corrected chi connectivity index (χ3v) is 3.54. The minimum absolute atomic E-state index is 0.0798. The third-order valence-electron chi connectivity index (χ3n) is 3.54. The molecular formula is C13H13NO2. The Hall–Kier alpha value is -1.64. The van der Waals surface area contributed by atoms with Crippen LogP contribution in [0.2, 0.25) is 0 Å². The van der Waals surface area contributed by atoms with Gasteiger partial charge in [0, 0.05) is 12.1 Å². The quantitative estimate of drug-likeness (QED) is 0.578. The molecule has 3 aliphatic rings. The Morgan fingerprint density at radius 1 is 1.06 bits per heavy atom. The maximum atomic E-state index is 12.2. The average Bonchev–Trinajstić information content (AvgIpc) is 2.36. The van der Waals surface area contributed by atoms with Crippen molar-refractivity contribution in [2.24, 2.45) is 11.8 Å². The highest BCUT2D eigenvalue weighted by Gasteiger charge is 2.44. The second-order valence-corrected chi connectivity index (χ2v) is 4.44. The number of piperidine rings is 1. The number of hydrogen-bond donors (Lipinski definition) is 0. The van der Waals surface area contributed by atoms with E-state index in [9.17, 15) is 9.59 Å². The van der Waals surface area contributed by atoms with Gasteiger partial charge in [-0.05, 0) is 19.3 Å². The van der Waals surface area contributed by atoms with Gasteiger partial charge in [-0.2, -0.15) is 0 Å². The van der Waals surface area contributed by atoms with Crippen molar-refractivity contribution in [3.05, 3.63) is 36.2 Å². The third kappa shape index (κ3) is 1.21. The van der Waals surface area contributed by atoms with Crippen molar-refractivity contribution in [2.45, 2.75) is 19.3 Å². The van der Waals surface area contributed by atoms with E-state index in [0.717, 1.165) is 6.42 Å². The highest BCUT2D eigenvalue weighted by molar-refractivity contribution is 6.07. The van der Waals surface area contributed by atoms with Gasteiger partial charge in [0.25, 0.3) is 0 Å². The number of hydrogen-bond acceptors (Lipinski definition) is 2. The van der Waals surface area contributed by atoms with Crippen molar-refractivity contribution in [1.82, 2.24) is 4.90 Å². The van der Waals surface area contributed by atoms with Crippen molar-refractivity contribution >= 4 is 11.7 Å². The summed E-state index contributed by atoms with van der Waals surface area (Å²) in [5, 5.41) is 0. The Bertz CT molecular complexity index is 445. The molecular weight excluding hydrogens is 202 g/mol. The van der Waals surface area contributed by atoms with Gasteiger partial charge < -0.3 is 0 Å². The zero-order valence-corrected chi connectivity index (χ0v) is 8.93. The van der Waals surface area contributed by atoms with Crippen LogP contribution in [0.3, 0.4) is 0 Å². The van der Waals surface area contributed by atoms with Crippen LogP contribution in [-0.2, 0) is 9.59 Å². The fourth-order valence-electron chi connectivity index (χ4n) is 2.68. The first-order valence-corrected chi connectivity index (χ1v) is 5.68. The molecule has 0 unspecified atom stereocenters. The molecule has 2 atom stereocenters. The molecule has 1 aliphatic carbocycles. The highest BCUT2D eigenvalue weighted by atomic mass is 16.2. The molecule has 0 aromatic carbocycles. The number of carbonyl (C=O) groups excluding carboxylic acids is 2. The lowest BCUT2D eigenvalue weighted by Crippen LogP contribution is -2.48. The van der Waals surface area contributed by atoms with Gasteiger partial charge in [-0.1, -0.05) is 24.3 Å². The molecule has 0 aromatic heterocycles. The Labute approximate surface area is 94.1 Å². The van der Waals surface area contributed by atoms with Gasteiger partial charge in [-0.15, -0.1) is 0 Å². The molecule has 0 aromatic rings. The summed E-state index contributed by atoms with van der Waals surface area (Å²) in [6.07, 6.45) is 11.7. The van der Waals surface area contributed by atoms with Crippen LogP contribution in [0, 0.1) is 11.8 Å². The lowest BCUT2D eigenvalue weighted by Gasteiger charge is -2.38. The Balaban J connectivity index is 2.03. The van der Waals surface area contributed by atoms with Crippen LogP contribution in [0.15, 0.2) is 36.2 Å². The zero-order chi connectivity index (χ0) is 11.1. The lowest BCUT2D eigenvalue weighted by molar-refractivity contribution is -0.143. The van der Waals surface area contributed by atoms with Crippen molar-refractivity contribution in [3.63, 3.8) is 0 Å². The van der Waals surface area contributed by atoms with Crippen LogP contribution < -0.4 is 0 Å². The fourth-order valence-corrected chi connectivity index (χ4v) is 2.68. The predicted molar refractivity (Wildman–Crippen MR) is 59.0 cm³/mol. The first-order chi connectivity index (χ1) is 7.79. The summed E-state index contributed by atoms with van der Waals surface area (Å²) >= 11 is 0. The number of ketones is 1. The molecule has 1 fully saturated rings. The van der Waals surface area contributed by atoms with Crippen molar-refractivity contribution in [2.75, 3.05) is 0 Å². The number of carbonyl (C=O) groups is 2. The molecule has 3 heteroatoms. The molecule has 16 heavy (non-hydrogen) atoms. The maximum absolute atomic E-state index is 12.2. The molecule has 0 bridgehead atoms. The second kappa shape index (κ2) is 3.44. The van der Waals surface area contributed by atoms with Crippen LogP contribution >= 0.6 is 0 Å². The van der Waals surface area contributed by atoms with E-state index in [1.807, 2.05) is 24.3 Å². The minimum Gasteiger partial charge on any atom is -0.292 e. The number of Topliss-reactive ketones (excluding diaryl/α,β-unsaturated/α-hetero) is 1. The lowest BCUT2D eigenvalue weighted by atomic mass is 9.75. The number of nitrogens with zero attached hydrogens (tertiary/aromatic N) is 1. The van der Waals surface area contributed by atoms with Crippen molar-refractivity contribution < 1.29 is 9.59 Å². The van der Waals surface area contributed by atoms with Crippen molar-refractivity contribution in [1.29, 1.82) is 0 Å². The number of allylic oxidation sites excluding steroid dienone is 5. The van der Waals surface area contributed by atoms with Gasteiger partial charge in [0.05, 0.1) is 11.6 Å². The molecule has 2 aliphatic heterocycles. The van der Waals surface area contributed by atoms with Crippen LogP contribution in [0.4, 0.5) is 0 Å². The van der Waals surface area contributed by atoms with Crippen LogP contribution in [0.25, 0.3) is 0 Å². The Morgan fingerprint density at radius 2 is 1.81 bits per heavy atom. The van der Waals surface area contributed by atoms with Crippen LogP contribution in [-0.4, -0.2) is 16.6 Å². The summed E-state index contributed by atoms with van der Waals surface area (Å²) < 4.78 is 0. The molecule has 3 rings (SSSR count). The zero-order valence-electron chi connectivity index (χ0n) is 8.93. The molecule has 2 heterocycles. The predicted octanol–water partition coefficient (Wildman–Crippen LogP) is 1.78. The van der Waals surface area contributed by atoms with E-state index in [0.29, 0.717) is 18.5 Å². The van der Waals surface area contributed by atoms with Gasteiger partial charge >= 0.3 is 0 Å². The molecule has 3 nitrogen and oxygen atoms in total. The molecule has 0 spiro atoms. The average molecular weight is 215 g/mol. The number of amides is 1. The first kappa shape index (κ1) is 9.58. The normalized spacial score (nSPS) is 32.2. The summed E-state index contributed by atoms with van der Waals surface area (Å²) in [7, 11) is 0. The topological polar surface area (TPSA) is 37.4 Å². The molecule has 0 saturated carbocycles. The van der Waals surface area contributed by atoms with Crippen molar-refractivity contribution in [3.8, 4) is 0 Å². The van der Waals surface area contributed by atoms with Crippen LogP contribution in [0.5, 0.6) is 0 Å². The smallest absolute Gasteiger partial charge is 0.235 e. The largest absolute Gasteiger partial charge is 0.292 e. The maximum Gasteiger partial charge on any atom is 0.235 e. The van der Waals surface area contributed by atoms with Gasteiger partial charge in [0.2, 0.25) is 5.91 Å². The summed E-state index contributed by atoms with van der Waals surface area (Å²) in [5.74, 6) is -0.0432. The molecule has 1 saturated heterocycles. The van der Waals surface area contributed by atoms with E-state index in [1.54, 1.807) is 6.20 Å². The van der Waals surface area contributed by atoms with E-state index in [1.165, 1.54) is 4.90 Å². The molecule has 82 valence electrons. The van der Waals surface area contributed by atoms with Gasteiger partial charge in [-0.25, -0.2) is 0 Å². The number of rotatable bonds is 0. The highest BCUT2D eigenvalue weighted by Crippen LogP contribution is 2.37. The Kier molecular flexibility index (Phi) is 2.06. The molecule has 1 amide bonds. The first-order valence-electron chi connectivity index (χ1n) is 5.68. The monoisotopic (exact) mass is 215 g/mol. The van der Waals surface area contributed by atoms with Gasteiger partial charge in [0.15, 0.2) is 5.78 Å². The van der Waals surface area contributed by atoms with E-state index in [4.69, 9.17) is 0 Å². The van der Waals surface area contributed by atoms with E-state index in [2.05, 4.69) is 0 Å². The van der Waals surface area contributed by atoms with E-state index >= 15 is 0 Å². The summed E-state index contributed by atoms with van der Waals surface area (Å²) in [6, 6.07) is 0. The van der Waals surface area contributed by atoms with E-state index in [-0.39, 0.29) is 23.5 Å². The second-order valence-electron chi connectivity index (χ2n) is 4.44. The molecule has 0 radical (unpaired) electrons. The van der Waals surface area contributed by atoms with Gasteiger partial charge in [-0.3, -0.25) is 14.5 Å². The number of fused-ring (bicyclic) bond motifs is 2. The fraction of sp³-hybridized carbons (Fsp3) is 0.385. The Morgan fingerprint density at radius 3 is 2.62 bits per heavy atom. The summed E-state index contributed by atoms with van der Waals surface area (Å²) in [5.41, 5.74) is 0.587. The standard InChI is InChI=1S/C13H13NO2/c15-12-9-5-1-2-6-10(9)13(16)14-8-4-3-7-11(12)14/h1-2,4,7-10H,3,5-6H2/t9-,10-/m1/s1.